The highest BCUT2D eigenvalue weighted by atomic mass is 15.2. The summed E-state index contributed by atoms with van der Waals surface area (Å²) in [5, 5.41) is 0. The molecule has 0 N–H and O–H groups in total. The van der Waals surface area contributed by atoms with Crippen LogP contribution < -0.4 is 0 Å². The third-order valence-corrected chi connectivity index (χ3v) is 4.38. The number of hydrogen-bond donors (Lipinski definition) is 0. The predicted octanol–water partition coefficient (Wildman–Crippen LogP) is 4.03. The molecule has 3 rings (SSSR count). The highest BCUT2D eigenvalue weighted by Gasteiger charge is 2.28. The molecule has 2 fully saturated rings. The van der Waals surface area contributed by atoms with Crippen molar-refractivity contribution in [3.63, 3.8) is 0 Å². The van der Waals surface area contributed by atoms with Crippen molar-refractivity contribution in [3.05, 3.63) is 41.0 Å². The molecule has 1 aromatic rings. The number of aryl methyl sites for hydroxylation is 1. The van der Waals surface area contributed by atoms with Crippen molar-refractivity contribution in [3.8, 4) is 0 Å². The van der Waals surface area contributed by atoms with Crippen molar-refractivity contribution in [2.75, 3.05) is 13.1 Å². The van der Waals surface area contributed by atoms with Crippen LogP contribution in [0.15, 0.2) is 29.8 Å². The molecule has 96 valence electrons. The third-order valence-electron chi connectivity index (χ3n) is 4.38. The molecular formula is C17H23N. The second kappa shape index (κ2) is 5.27. The lowest BCUT2D eigenvalue weighted by Gasteiger charge is -2.42. The van der Waals surface area contributed by atoms with E-state index >= 15 is 0 Å². The van der Waals surface area contributed by atoms with Crippen LogP contribution in [-0.4, -0.2) is 24.0 Å². The first-order valence-corrected chi connectivity index (χ1v) is 7.34. The minimum absolute atomic E-state index is 0.744. The maximum atomic E-state index is 2.67. The molecule has 0 spiro atoms. The van der Waals surface area contributed by atoms with E-state index < -0.39 is 0 Å². The highest BCUT2D eigenvalue weighted by Crippen LogP contribution is 2.31. The van der Waals surface area contributed by atoms with Crippen molar-refractivity contribution in [2.24, 2.45) is 0 Å². The van der Waals surface area contributed by atoms with Gasteiger partial charge >= 0.3 is 0 Å². The van der Waals surface area contributed by atoms with Crippen LogP contribution in [-0.2, 0) is 0 Å². The van der Waals surface area contributed by atoms with Crippen LogP contribution in [0.1, 0.15) is 43.2 Å². The summed E-state index contributed by atoms with van der Waals surface area (Å²) >= 11 is 0. The van der Waals surface area contributed by atoms with E-state index in [4.69, 9.17) is 0 Å². The minimum Gasteiger partial charge on any atom is -0.297 e. The quantitative estimate of drug-likeness (QED) is 0.755. The monoisotopic (exact) mass is 241 g/mol. The van der Waals surface area contributed by atoms with Gasteiger partial charge in [0.25, 0.3) is 0 Å². The molecule has 1 saturated heterocycles. The zero-order valence-corrected chi connectivity index (χ0v) is 11.4. The Balaban J connectivity index is 1.80. The summed E-state index contributed by atoms with van der Waals surface area (Å²) in [5.74, 6) is 0. The van der Waals surface area contributed by atoms with Gasteiger partial charge in [0.15, 0.2) is 0 Å². The molecule has 1 saturated carbocycles. The predicted molar refractivity (Wildman–Crippen MR) is 77.6 cm³/mol. The van der Waals surface area contributed by atoms with Crippen LogP contribution in [0.25, 0.3) is 6.08 Å². The zero-order chi connectivity index (χ0) is 12.4. The van der Waals surface area contributed by atoms with Gasteiger partial charge in [-0.05, 0) is 51.3 Å². The number of rotatable bonds is 2. The van der Waals surface area contributed by atoms with Crippen molar-refractivity contribution >= 4 is 6.08 Å². The highest BCUT2D eigenvalue weighted by molar-refractivity contribution is 5.54. The first-order chi connectivity index (χ1) is 8.83. The van der Waals surface area contributed by atoms with E-state index in [2.05, 4.69) is 42.2 Å². The molecule has 1 atom stereocenters. The van der Waals surface area contributed by atoms with Gasteiger partial charge < -0.3 is 0 Å². The average Bonchev–Trinajstić information content (AvgIpc) is 2.32. The first-order valence-electron chi connectivity index (χ1n) is 7.34. The van der Waals surface area contributed by atoms with Gasteiger partial charge in [-0.1, -0.05) is 47.9 Å². The molecule has 0 aromatic heterocycles. The fourth-order valence-corrected chi connectivity index (χ4v) is 3.13. The van der Waals surface area contributed by atoms with Crippen LogP contribution >= 0.6 is 0 Å². The van der Waals surface area contributed by atoms with E-state index in [0.29, 0.717) is 0 Å². The maximum Gasteiger partial charge on any atom is 0.0310 e. The normalized spacial score (nSPS) is 27.2. The summed E-state index contributed by atoms with van der Waals surface area (Å²) < 4.78 is 0. The number of nitrogens with zero attached hydrogens (tertiary/aromatic N) is 1. The van der Waals surface area contributed by atoms with Crippen molar-refractivity contribution in [1.29, 1.82) is 0 Å². The van der Waals surface area contributed by atoms with Crippen molar-refractivity contribution < 1.29 is 0 Å². The Labute approximate surface area is 111 Å². The molecule has 1 nitrogen and oxygen atoms in total. The van der Waals surface area contributed by atoms with Crippen molar-refractivity contribution in [1.82, 2.24) is 4.90 Å². The molecule has 0 amide bonds. The van der Waals surface area contributed by atoms with Gasteiger partial charge in [-0.25, -0.2) is 0 Å². The van der Waals surface area contributed by atoms with E-state index in [1.165, 1.54) is 56.3 Å². The Morgan fingerprint density at radius 1 is 1.06 bits per heavy atom. The van der Waals surface area contributed by atoms with Gasteiger partial charge in [0, 0.05) is 6.04 Å². The molecule has 18 heavy (non-hydrogen) atoms. The first kappa shape index (κ1) is 12.0. The van der Waals surface area contributed by atoms with Crippen LogP contribution in [0.4, 0.5) is 0 Å². The lowest BCUT2D eigenvalue weighted by Crippen LogP contribution is -2.46. The van der Waals surface area contributed by atoms with E-state index in [9.17, 15) is 0 Å². The van der Waals surface area contributed by atoms with Gasteiger partial charge in [0.2, 0.25) is 0 Å². The molecule has 1 aromatic carbocycles. The zero-order valence-electron chi connectivity index (χ0n) is 11.4. The Bertz CT molecular complexity index is 425. The minimum atomic E-state index is 0.744. The van der Waals surface area contributed by atoms with Crippen molar-refractivity contribution in [2.45, 2.75) is 45.1 Å². The fraction of sp³-hybridized carbons (Fsp3) is 0.529. The molecular weight excluding hydrogens is 218 g/mol. The Hall–Kier alpha value is -1.08. The third kappa shape index (κ3) is 2.51. The van der Waals surface area contributed by atoms with Crippen LogP contribution in [0, 0.1) is 6.92 Å². The second-order valence-corrected chi connectivity index (χ2v) is 5.78. The van der Waals surface area contributed by atoms with Gasteiger partial charge in [0.1, 0.15) is 0 Å². The molecule has 0 bridgehead atoms. The summed E-state index contributed by atoms with van der Waals surface area (Å²) in [5.41, 5.74) is 4.40. The summed E-state index contributed by atoms with van der Waals surface area (Å²) in [6, 6.07) is 9.68. The Kier molecular flexibility index (Phi) is 3.51. The van der Waals surface area contributed by atoms with Gasteiger partial charge in [-0.15, -0.1) is 0 Å². The molecule has 2 aliphatic rings. The van der Waals surface area contributed by atoms with Gasteiger partial charge in [-0.2, -0.15) is 0 Å². The largest absolute Gasteiger partial charge is 0.297 e. The molecule has 0 radical (unpaired) electrons. The van der Waals surface area contributed by atoms with E-state index in [0.717, 1.165) is 6.04 Å². The molecule has 1 heteroatoms. The summed E-state index contributed by atoms with van der Waals surface area (Å²) in [7, 11) is 0. The molecule has 1 aliphatic carbocycles. The fourth-order valence-electron chi connectivity index (χ4n) is 3.13. The molecule has 1 unspecified atom stereocenters. The van der Waals surface area contributed by atoms with Crippen LogP contribution in [0.3, 0.4) is 0 Å². The lowest BCUT2D eigenvalue weighted by molar-refractivity contribution is 0.121. The Morgan fingerprint density at radius 3 is 2.50 bits per heavy atom. The van der Waals surface area contributed by atoms with Crippen LogP contribution in [0.5, 0.6) is 0 Å². The molecule has 1 aliphatic heterocycles. The summed E-state index contributed by atoms with van der Waals surface area (Å²) in [4.78, 5) is 2.67. The maximum absolute atomic E-state index is 2.67. The number of benzene rings is 1. The lowest BCUT2D eigenvalue weighted by atomic mass is 9.86. The number of likely N-dealkylation sites (tertiary alicyclic amines) is 1. The van der Waals surface area contributed by atoms with Crippen LogP contribution in [0.2, 0.25) is 0 Å². The standard InChI is InChI=1S/C17H23N/c1-14-7-9-15(10-8-14)13-16-5-2-3-6-17(16)18-11-4-12-18/h7-10,13,17H,2-6,11-12H2,1H3. The second-order valence-electron chi connectivity index (χ2n) is 5.78. The average molecular weight is 241 g/mol. The van der Waals surface area contributed by atoms with E-state index in [1.807, 2.05) is 0 Å². The van der Waals surface area contributed by atoms with Gasteiger partial charge in [0.05, 0.1) is 0 Å². The van der Waals surface area contributed by atoms with Gasteiger partial charge in [-0.3, -0.25) is 4.90 Å². The summed E-state index contributed by atoms with van der Waals surface area (Å²) in [6.45, 7) is 4.78. The Morgan fingerprint density at radius 2 is 1.83 bits per heavy atom. The summed E-state index contributed by atoms with van der Waals surface area (Å²) in [6.07, 6.45) is 9.30. The topological polar surface area (TPSA) is 3.24 Å². The smallest absolute Gasteiger partial charge is 0.0310 e. The van der Waals surface area contributed by atoms with E-state index in [-0.39, 0.29) is 0 Å². The number of hydrogen-bond acceptors (Lipinski definition) is 1. The SMILES string of the molecule is Cc1ccc(C=C2CCCCC2N2CCC2)cc1. The molecule has 1 heterocycles. The van der Waals surface area contributed by atoms with E-state index in [1.54, 1.807) is 5.57 Å².